The molecule has 0 N–H and O–H groups in total. The van der Waals surface area contributed by atoms with Crippen molar-refractivity contribution in [2.24, 2.45) is 0 Å². The summed E-state index contributed by atoms with van der Waals surface area (Å²) in [5, 5.41) is 0. The van der Waals surface area contributed by atoms with Crippen molar-refractivity contribution in [1.29, 1.82) is 0 Å². The summed E-state index contributed by atoms with van der Waals surface area (Å²) in [4.78, 5) is 0. The lowest BCUT2D eigenvalue weighted by molar-refractivity contribution is -0.144. The Balaban J connectivity index is 2.55. The van der Waals surface area contributed by atoms with Gasteiger partial charge in [-0.2, -0.15) is 0 Å². The third kappa shape index (κ3) is 2.29. The quantitative estimate of drug-likeness (QED) is 0.566. The van der Waals surface area contributed by atoms with Crippen LogP contribution in [0.2, 0.25) is 0 Å². The average Bonchev–Trinajstić information content (AvgIpc) is 2.25. The van der Waals surface area contributed by atoms with Crippen molar-refractivity contribution in [2.75, 3.05) is 4.43 Å². The van der Waals surface area contributed by atoms with Gasteiger partial charge in [-0.05, 0) is 20.3 Å². The first-order chi connectivity index (χ1) is 5.09. The molecule has 1 rings (SSSR count). The summed E-state index contributed by atoms with van der Waals surface area (Å²) in [6.07, 6.45) is 1.62. The number of alkyl halides is 1. The largest absolute Gasteiger partial charge is 0.345 e. The normalized spacial score (nSPS) is 36.0. The van der Waals surface area contributed by atoms with Gasteiger partial charge in [-0.25, -0.2) is 0 Å². The Bertz CT molecular complexity index is 122. The zero-order valence-electron chi connectivity index (χ0n) is 7.26. The lowest BCUT2D eigenvalue weighted by atomic mass is 10.2. The highest BCUT2D eigenvalue weighted by Crippen LogP contribution is 2.30. The van der Waals surface area contributed by atoms with Crippen LogP contribution in [0.25, 0.3) is 0 Å². The molecule has 0 saturated carbocycles. The van der Waals surface area contributed by atoms with E-state index in [4.69, 9.17) is 9.47 Å². The van der Waals surface area contributed by atoms with E-state index in [1.807, 2.05) is 13.8 Å². The van der Waals surface area contributed by atoms with Crippen LogP contribution in [0.15, 0.2) is 0 Å². The minimum absolute atomic E-state index is 0.288. The van der Waals surface area contributed by atoms with Gasteiger partial charge in [-0.15, -0.1) is 0 Å². The third-order valence-corrected chi connectivity index (χ3v) is 2.71. The second-order valence-corrected chi connectivity index (χ2v) is 4.16. The molecule has 0 spiro atoms. The molecule has 0 aromatic rings. The molecule has 0 aromatic carbocycles. The first-order valence-corrected chi connectivity index (χ1v) is 5.53. The summed E-state index contributed by atoms with van der Waals surface area (Å²) in [6.45, 7) is 6.08. The fourth-order valence-corrected chi connectivity index (χ4v) is 2.13. The van der Waals surface area contributed by atoms with Crippen LogP contribution in [0.5, 0.6) is 0 Å². The fourth-order valence-electron chi connectivity index (χ4n) is 1.39. The first kappa shape index (κ1) is 9.74. The molecule has 1 aliphatic rings. The predicted octanol–water partition coefficient (Wildman–Crippen LogP) is 2.35. The van der Waals surface area contributed by atoms with Crippen molar-refractivity contribution in [3.8, 4) is 0 Å². The van der Waals surface area contributed by atoms with Crippen molar-refractivity contribution >= 4 is 22.6 Å². The van der Waals surface area contributed by atoms with Crippen LogP contribution in [0.4, 0.5) is 0 Å². The summed E-state index contributed by atoms with van der Waals surface area (Å²) < 4.78 is 12.4. The number of hydrogen-bond donors (Lipinski definition) is 0. The number of rotatable bonds is 2. The van der Waals surface area contributed by atoms with Crippen LogP contribution < -0.4 is 0 Å². The highest BCUT2D eigenvalue weighted by Gasteiger charge is 2.39. The maximum absolute atomic E-state index is 5.67. The van der Waals surface area contributed by atoms with Crippen molar-refractivity contribution in [3.63, 3.8) is 0 Å². The summed E-state index contributed by atoms with van der Waals surface area (Å²) in [5.74, 6) is -0.365. The number of ether oxygens (including phenoxy) is 2. The van der Waals surface area contributed by atoms with Crippen LogP contribution in [0.3, 0.4) is 0 Å². The van der Waals surface area contributed by atoms with Gasteiger partial charge in [0, 0.05) is 4.43 Å². The summed E-state index contributed by atoms with van der Waals surface area (Å²) in [5.41, 5.74) is 0. The molecule has 2 atom stereocenters. The molecule has 66 valence electrons. The van der Waals surface area contributed by atoms with E-state index in [1.54, 1.807) is 0 Å². The molecular formula is C8H15IO2. The Morgan fingerprint density at radius 1 is 1.27 bits per heavy atom. The van der Waals surface area contributed by atoms with Crippen molar-refractivity contribution in [3.05, 3.63) is 0 Å². The second kappa shape index (κ2) is 3.58. The maximum atomic E-state index is 5.67. The molecular weight excluding hydrogens is 255 g/mol. The highest BCUT2D eigenvalue weighted by atomic mass is 127. The molecule has 11 heavy (non-hydrogen) atoms. The molecule has 0 bridgehead atoms. The molecule has 1 fully saturated rings. The molecule has 1 saturated heterocycles. The minimum Gasteiger partial charge on any atom is -0.345 e. The lowest BCUT2D eigenvalue weighted by Gasteiger charge is -2.16. The molecule has 0 radical (unpaired) electrons. The van der Waals surface area contributed by atoms with E-state index < -0.39 is 0 Å². The van der Waals surface area contributed by atoms with Gasteiger partial charge in [-0.3, -0.25) is 0 Å². The van der Waals surface area contributed by atoms with Crippen LogP contribution in [-0.2, 0) is 9.47 Å². The smallest absolute Gasteiger partial charge is 0.163 e. The second-order valence-electron chi connectivity index (χ2n) is 3.27. The number of hydrogen-bond acceptors (Lipinski definition) is 2. The van der Waals surface area contributed by atoms with Crippen LogP contribution in [-0.4, -0.2) is 22.4 Å². The molecule has 2 nitrogen and oxygen atoms in total. The van der Waals surface area contributed by atoms with E-state index in [2.05, 4.69) is 29.5 Å². The SMILES string of the molecule is CCC1OC(C)(C)OC1CI. The van der Waals surface area contributed by atoms with E-state index >= 15 is 0 Å². The molecule has 3 heteroatoms. The van der Waals surface area contributed by atoms with Crippen LogP contribution >= 0.6 is 22.6 Å². The topological polar surface area (TPSA) is 18.5 Å². The van der Waals surface area contributed by atoms with E-state index in [0.717, 1.165) is 10.8 Å². The summed E-state index contributed by atoms with van der Waals surface area (Å²) >= 11 is 2.34. The Labute approximate surface area is 81.8 Å². The van der Waals surface area contributed by atoms with Gasteiger partial charge in [0.25, 0.3) is 0 Å². The molecule has 0 aromatic heterocycles. The summed E-state index contributed by atoms with van der Waals surface area (Å²) in [6, 6.07) is 0. The Kier molecular flexibility index (Phi) is 3.17. The lowest BCUT2D eigenvalue weighted by Crippen LogP contribution is -2.22. The summed E-state index contributed by atoms with van der Waals surface area (Å²) in [7, 11) is 0. The van der Waals surface area contributed by atoms with Gasteiger partial charge < -0.3 is 9.47 Å². The van der Waals surface area contributed by atoms with Gasteiger partial charge in [0.05, 0.1) is 12.2 Å². The zero-order chi connectivity index (χ0) is 8.48. The van der Waals surface area contributed by atoms with Crippen LogP contribution in [0, 0.1) is 0 Å². The Hall–Kier alpha value is 0.650. The van der Waals surface area contributed by atoms with Crippen molar-refractivity contribution < 1.29 is 9.47 Å². The van der Waals surface area contributed by atoms with E-state index in [1.165, 1.54) is 0 Å². The highest BCUT2D eigenvalue weighted by molar-refractivity contribution is 14.1. The van der Waals surface area contributed by atoms with Crippen molar-refractivity contribution in [1.82, 2.24) is 0 Å². The van der Waals surface area contributed by atoms with Crippen molar-refractivity contribution in [2.45, 2.75) is 45.2 Å². The molecule has 0 amide bonds. The van der Waals surface area contributed by atoms with E-state index in [0.29, 0.717) is 6.10 Å². The average molecular weight is 270 g/mol. The minimum atomic E-state index is -0.365. The van der Waals surface area contributed by atoms with E-state index in [9.17, 15) is 0 Å². The van der Waals surface area contributed by atoms with Gasteiger partial charge >= 0.3 is 0 Å². The van der Waals surface area contributed by atoms with Crippen LogP contribution in [0.1, 0.15) is 27.2 Å². The number of halogens is 1. The molecule has 1 aliphatic heterocycles. The zero-order valence-corrected chi connectivity index (χ0v) is 9.42. The predicted molar refractivity (Wildman–Crippen MR) is 53.0 cm³/mol. The maximum Gasteiger partial charge on any atom is 0.163 e. The monoisotopic (exact) mass is 270 g/mol. The van der Waals surface area contributed by atoms with Gasteiger partial charge in [0.15, 0.2) is 5.79 Å². The standard InChI is InChI=1S/C8H15IO2/c1-4-6-7(5-9)11-8(2,3)10-6/h6-7H,4-5H2,1-3H3. The van der Waals surface area contributed by atoms with E-state index in [-0.39, 0.29) is 11.9 Å². The Morgan fingerprint density at radius 3 is 2.18 bits per heavy atom. The fraction of sp³-hybridized carbons (Fsp3) is 1.00. The molecule has 0 aliphatic carbocycles. The van der Waals surface area contributed by atoms with Gasteiger partial charge in [0.1, 0.15) is 0 Å². The molecule has 1 heterocycles. The van der Waals surface area contributed by atoms with Gasteiger partial charge in [0.2, 0.25) is 0 Å². The Morgan fingerprint density at radius 2 is 1.82 bits per heavy atom. The van der Waals surface area contributed by atoms with Gasteiger partial charge in [-0.1, -0.05) is 29.5 Å². The molecule has 2 unspecified atom stereocenters. The first-order valence-electron chi connectivity index (χ1n) is 4.00. The third-order valence-electron chi connectivity index (χ3n) is 1.84.